The number of benzene rings is 4. The molecule has 4 unspecified atom stereocenters. The highest BCUT2D eigenvalue weighted by atomic mass is 16.3. The molecular weight excluding hydrogens is 755 g/mol. The lowest BCUT2D eigenvalue weighted by atomic mass is 9.69. The van der Waals surface area contributed by atoms with E-state index in [1.54, 1.807) is 17.0 Å². The summed E-state index contributed by atoms with van der Waals surface area (Å²) >= 11 is 0. The van der Waals surface area contributed by atoms with Gasteiger partial charge in [-0.2, -0.15) is 0 Å². The number of hydrogen-bond donors (Lipinski definition) is 2. The molecule has 2 N–H and O–H groups in total. The third kappa shape index (κ3) is 7.27. The minimum absolute atomic E-state index is 0.0919. The van der Waals surface area contributed by atoms with Crippen LogP contribution in [0.4, 0.5) is 5.69 Å². The summed E-state index contributed by atoms with van der Waals surface area (Å²) in [5, 5.41) is 12.3. The zero-order chi connectivity index (χ0) is 41.7. The van der Waals surface area contributed by atoms with Crippen LogP contribution in [-0.4, -0.2) is 88.1 Å². The van der Waals surface area contributed by atoms with E-state index in [-0.39, 0.29) is 24.0 Å². The number of fused-ring (bicyclic) bond motifs is 3. The van der Waals surface area contributed by atoms with Crippen LogP contribution in [0.5, 0.6) is 5.75 Å². The van der Waals surface area contributed by atoms with Gasteiger partial charge in [-0.05, 0) is 146 Å². The van der Waals surface area contributed by atoms with E-state index >= 15 is 0 Å². The molecule has 4 aromatic carbocycles. The molecule has 11 nitrogen and oxygen atoms in total. The van der Waals surface area contributed by atoms with Crippen molar-refractivity contribution in [3.8, 4) is 5.75 Å². The summed E-state index contributed by atoms with van der Waals surface area (Å²) in [5.74, 6) is -0.948. The Labute approximate surface area is 351 Å². The fraction of sp³-hybridized carbons (Fsp3) is 0.408. The quantitative estimate of drug-likeness (QED) is 0.167. The van der Waals surface area contributed by atoms with Gasteiger partial charge in [0.05, 0.1) is 11.1 Å². The first-order valence-electron chi connectivity index (χ1n) is 21.6. The van der Waals surface area contributed by atoms with Crippen molar-refractivity contribution in [3.05, 3.63) is 129 Å². The molecule has 0 aromatic heterocycles. The monoisotopic (exact) mass is 807 g/mol. The third-order valence-corrected chi connectivity index (χ3v) is 14.2. The Balaban J connectivity index is 0.000000167. The lowest BCUT2D eigenvalue weighted by molar-refractivity contribution is -0.136. The molecule has 310 valence electrons. The Morgan fingerprint density at radius 2 is 1.48 bits per heavy atom. The van der Waals surface area contributed by atoms with E-state index in [0.29, 0.717) is 42.1 Å². The molecule has 4 aromatic rings. The lowest BCUT2D eigenvalue weighted by Crippen LogP contribution is -2.54. The minimum atomic E-state index is -0.962. The van der Waals surface area contributed by atoms with E-state index in [1.165, 1.54) is 73.4 Å². The molecule has 5 amide bonds. The van der Waals surface area contributed by atoms with Crippen LogP contribution < -0.4 is 10.2 Å². The largest absolute Gasteiger partial charge is 0.508 e. The number of piperidine rings is 2. The molecule has 4 atom stereocenters. The molecule has 3 saturated heterocycles. The van der Waals surface area contributed by atoms with Gasteiger partial charge in [-0.3, -0.25) is 34.2 Å². The maximum atomic E-state index is 12.6. The van der Waals surface area contributed by atoms with E-state index in [4.69, 9.17) is 0 Å². The molecule has 1 aliphatic carbocycles. The second-order valence-corrected chi connectivity index (χ2v) is 17.7. The van der Waals surface area contributed by atoms with Gasteiger partial charge in [0, 0.05) is 43.7 Å². The fourth-order valence-corrected chi connectivity index (χ4v) is 11.0. The molecule has 0 bridgehead atoms. The molecule has 6 aliphatic rings. The zero-order valence-electron chi connectivity index (χ0n) is 34.4. The van der Waals surface area contributed by atoms with Crippen LogP contribution in [0.2, 0.25) is 0 Å². The number of carbonyl (C=O) groups is 5. The Morgan fingerprint density at radius 1 is 0.800 bits per heavy atom. The predicted molar refractivity (Wildman–Crippen MR) is 228 cm³/mol. The van der Waals surface area contributed by atoms with Crippen LogP contribution in [0, 0.1) is 5.41 Å². The third-order valence-electron chi connectivity index (χ3n) is 14.2. The summed E-state index contributed by atoms with van der Waals surface area (Å²) in [4.78, 5) is 67.2. The van der Waals surface area contributed by atoms with Crippen molar-refractivity contribution in [2.75, 3.05) is 31.1 Å². The van der Waals surface area contributed by atoms with Crippen molar-refractivity contribution in [2.24, 2.45) is 5.41 Å². The number of hydrogen-bond acceptors (Lipinski definition) is 8. The Bertz CT molecular complexity index is 2290. The molecule has 3 fully saturated rings. The number of phenolic OH excluding ortho intramolecular Hbond substituents is 1. The minimum Gasteiger partial charge on any atom is -0.508 e. The number of imide groups is 2. The number of aryl methyl sites for hydroxylation is 1. The highest BCUT2D eigenvalue weighted by molar-refractivity contribution is 6.23. The highest BCUT2D eigenvalue weighted by Crippen LogP contribution is 2.49. The number of amides is 5. The van der Waals surface area contributed by atoms with Crippen LogP contribution in [0.1, 0.15) is 118 Å². The zero-order valence-corrected chi connectivity index (χ0v) is 34.4. The molecular formula is C49H53N5O6. The summed E-state index contributed by atoms with van der Waals surface area (Å²) in [7, 11) is 0. The van der Waals surface area contributed by atoms with Gasteiger partial charge in [0.1, 0.15) is 11.8 Å². The van der Waals surface area contributed by atoms with Gasteiger partial charge in [0.2, 0.25) is 18.2 Å². The number of nitrogens with zero attached hydrogens (tertiary/aromatic N) is 4. The van der Waals surface area contributed by atoms with Gasteiger partial charge >= 0.3 is 0 Å². The first kappa shape index (κ1) is 39.6. The number of rotatable bonds is 6. The Hall–Kier alpha value is -5.81. The second-order valence-electron chi connectivity index (χ2n) is 17.7. The number of likely N-dealkylation sites (tertiary alicyclic amines) is 1. The summed E-state index contributed by atoms with van der Waals surface area (Å²) < 4.78 is 0. The predicted octanol–water partition coefficient (Wildman–Crippen LogP) is 6.51. The second kappa shape index (κ2) is 16.0. The summed E-state index contributed by atoms with van der Waals surface area (Å²) in [5.41, 5.74) is 9.48. The van der Waals surface area contributed by atoms with Gasteiger partial charge in [-0.1, -0.05) is 55.5 Å². The number of carbonyl (C=O) groups excluding carboxylic acids is 5. The van der Waals surface area contributed by atoms with E-state index in [1.807, 2.05) is 12.1 Å². The maximum absolute atomic E-state index is 12.6. The average molecular weight is 808 g/mol. The molecule has 11 heteroatoms. The first-order chi connectivity index (χ1) is 29.0. The van der Waals surface area contributed by atoms with Crippen LogP contribution in [0.15, 0.2) is 84.9 Å². The molecule has 1 spiro atoms. The summed E-state index contributed by atoms with van der Waals surface area (Å²) in [6.45, 7) is 10.4. The van der Waals surface area contributed by atoms with Gasteiger partial charge in [-0.15, -0.1) is 0 Å². The lowest BCUT2D eigenvalue weighted by Gasteiger charge is -2.39. The highest BCUT2D eigenvalue weighted by Gasteiger charge is 2.46. The normalized spacial score (nSPS) is 24.5. The van der Waals surface area contributed by atoms with Gasteiger partial charge < -0.3 is 19.8 Å². The molecule has 10 rings (SSSR count). The van der Waals surface area contributed by atoms with Gasteiger partial charge in [0.25, 0.3) is 11.8 Å². The molecule has 60 heavy (non-hydrogen) atoms. The SMILES string of the molecule is CCN1CCC2(CC1)CC(C)N(c1ccc(C3c4ccc(O)cc4CCC3c3ccccc3)cc1)C2.O=CN1Cc2cc3c(cc2C1)C(=O)N(C1CCC(=O)NC1=O)C3=O. The maximum Gasteiger partial charge on any atom is 0.262 e. The number of phenols is 1. The average Bonchev–Trinajstić information content (AvgIpc) is 3.90. The number of anilines is 1. The smallest absolute Gasteiger partial charge is 0.262 e. The summed E-state index contributed by atoms with van der Waals surface area (Å²) in [6.07, 6.45) is 7.07. The topological polar surface area (TPSA) is 131 Å². The van der Waals surface area contributed by atoms with Crippen molar-refractivity contribution in [1.82, 2.24) is 20.0 Å². The van der Waals surface area contributed by atoms with Crippen LogP contribution >= 0.6 is 0 Å². The first-order valence-corrected chi connectivity index (χ1v) is 21.6. The number of aromatic hydroxyl groups is 1. The van der Waals surface area contributed by atoms with Crippen molar-refractivity contribution < 1.29 is 29.1 Å². The van der Waals surface area contributed by atoms with Crippen molar-refractivity contribution in [2.45, 2.75) is 95.8 Å². The summed E-state index contributed by atoms with van der Waals surface area (Å²) in [6, 6.07) is 29.4. The Kier molecular flexibility index (Phi) is 10.6. The van der Waals surface area contributed by atoms with Crippen molar-refractivity contribution >= 4 is 35.7 Å². The van der Waals surface area contributed by atoms with E-state index in [9.17, 15) is 29.1 Å². The van der Waals surface area contributed by atoms with E-state index in [0.717, 1.165) is 35.3 Å². The van der Waals surface area contributed by atoms with E-state index < -0.39 is 29.7 Å². The molecule has 5 aliphatic heterocycles. The van der Waals surface area contributed by atoms with Crippen molar-refractivity contribution in [3.63, 3.8) is 0 Å². The van der Waals surface area contributed by atoms with Gasteiger partial charge in [-0.25, -0.2) is 0 Å². The molecule has 5 heterocycles. The Morgan fingerprint density at radius 3 is 2.12 bits per heavy atom. The number of nitrogens with one attached hydrogen (secondary N) is 1. The standard InChI is InChI=1S/C33H40N2O.C16H13N3O5/c1-3-34-19-17-33(18-20-34)22-24(2)35(23-33)28-12-9-26(10-13-28)32-30(25-7-5-4-6-8-25)15-11-27-21-29(36)14-16-31(27)32;20-7-18-5-8-3-10-11(4-9(8)6-18)16(24)19(15(10)23)12-1-2-13(21)17-14(12)22/h4-10,12-14,16,21,24,30,32,36H,3,11,15,17-20,22-23H2,1-2H3;3-4,7,12H,1-2,5-6H2,(H,17,21,22). The van der Waals surface area contributed by atoms with E-state index in [2.05, 4.69) is 89.6 Å². The van der Waals surface area contributed by atoms with Crippen LogP contribution in [0.3, 0.4) is 0 Å². The van der Waals surface area contributed by atoms with Crippen LogP contribution in [0.25, 0.3) is 0 Å². The van der Waals surface area contributed by atoms with Crippen molar-refractivity contribution in [1.29, 1.82) is 0 Å². The molecule has 0 radical (unpaired) electrons. The fourth-order valence-electron chi connectivity index (χ4n) is 11.0. The van der Waals surface area contributed by atoms with Gasteiger partial charge in [0.15, 0.2) is 0 Å². The van der Waals surface area contributed by atoms with Crippen LogP contribution in [-0.2, 0) is 33.9 Å². The molecule has 0 saturated carbocycles.